The van der Waals surface area contributed by atoms with Crippen LogP contribution in [0.2, 0.25) is 0 Å². The van der Waals surface area contributed by atoms with Crippen LogP contribution in [0.15, 0.2) is 0 Å². The van der Waals surface area contributed by atoms with Gasteiger partial charge in [0.15, 0.2) is 0 Å². The first-order chi connectivity index (χ1) is 7.02. The monoisotopic (exact) mass is 229 g/mol. The van der Waals surface area contributed by atoms with Gasteiger partial charge in [0.25, 0.3) is 0 Å². The molecule has 4 heteroatoms. The number of rotatable bonds is 3. The molecule has 1 heterocycles. The second-order valence-electron chi connectivity index (χ2n) is 4.11. The summed E-state index contributed by atoms with van der Waals surface area (Å²) in [6.45, 7) is 6.60. The number of Topliss-reactive ketones (excluding diaryl/α,β-unsaturated/α-hetero) is 1. The Labute approximate surface area is 95.6 Å². The smallest absolute Gasteiger partial charge is 0.223 e. The fraction of sp³-hybridized carbons (Fsp3) is 0.818. The molecule has 15 heavy (non-hydrogen) atoms. The van der Waals surface area contributed by atoms with Crippen LogP contribution >= 0.6 is 11.8 Å². The molecule has 0 aliphatic carbocycles. The number of hydrogen-bond donors (Lipinski definition) is 0. The van der Waals surface area contributed by atoms with Crippen LogP contribution in [-0.4, -0.2) is 40.2 Å². The van der Waals surface area contributed by atoms with Crippen LogP contribution in [0.1, 0.15) is 33.6 Å². The summed E-state index contributed by atoms with van der Waals surface area (Å²) in [6, 6.07) is 0.295. The van der Waals surface area contributed by atoms with Crippen molar-refractivity contribution in [3.8, 4) is 0 Å². The molecule has 0 aromatic heterocycles. The van der Waals surface area contributed by atoms with E-state index >= 15 is 0 Å². The molecule has 86 valence electrons. The maximum absolute atomic E-state index is 11.8. The zero-order valence-corrected chi connectivity index (χ0v) is 10.5. The van der Waals surface area contributed by atoms with Crippen molar-refractivity contribution in [2.24, 2.45) is 0 Å². The second kappa shape index (κ2) is 5.54. The van der Waals surface area contributed by atoms with E-state index in [1.165, 1.54) is 6.92 Å². The normalized spacial score (nSPS) is 26.5. The fourth-order valence-electron chi connectivity index (χ4n) is 1.71. The Morgan fingerprint density at radius 1 is 1.33 bits per heavy atom. The molecule has 2 atom stereocenters. The molecule has 1 amide bonds. The highest BCUT2D eigenvalue weighted by atomic mass is 32.2. The SMILES string of the molecule is CC(=O)CCC(=O)N1CCSC(C)C1C. The van der Waals surface area contributed by atoms with Crippen LogP contribution in [0.25, 0.3) is 0 Å². The lowest BCUT2D eigenvalue weighted by atomic mass is 10.1. The molecule has 0 bridgehead atoms. The largest absolute Gasteiger partial charge is 0.338 e. The Morgan fingerprint density at radius 3 is 2.60 bits per heavy atom. The quantitative estimate of drug-likeness (QED) is 0.739. The van der Waals surface area contributed by atoms with E-state index in [2.05, 4.69) is 13.8 Å². The first-order valence-corrected chi connectivity index (χ1v) is 6.47. The van der Waals surface area contributed by atoms with Crippen molar-refractivity contribution < 1.29 is 9.59 Å². The Kier molecular flexibility index (Phi) is 4.64. The van der Waals surface area contributed by atoms with Gasteiger partial charge in [-0.05, 0) is 13.8 Å². The van der Waals surface area contributed by atoms with Gasteiger partial charge in [-0.1, -0.05) is 6.92 Å². The van der Waals surface area contributed by atoms with E-state index in [1.54, 1.807) is 0 Å². The van der Waals surface area contributed by atoms with Gasteiger partial charge < -0.3 is 9.69 Å². The van der Waals surface area contributed by atoms with Crippen molar-refractivity contribution in [1.82, 2.24) is 4.90 Å². The molecule has 0 N–H and O–H groups in total. The van der Waals surface area contributed by atoms with Crippen molar-refractivity contribution in [2.75, 3.05) is 12.3 Å². The van der Waals surface area contributed by atoms with Crippen LogP contribution < -0.4 is 0 Å². The minimum atomic E-state index is 0.0930. The summed E-state index contributed by atoms with van der Waals surface area (Å²) >= 11 is 1.91. The molecular formula is C11H19NO2S. The molecular weight excluding hydrogens is 210 g/mol. The van der Waals surface area contributed by atoms with Crippen molar-refractivity contribution in [1.29, 1.82) is 0 Å². The van der Waals surface area contributed by atoms with Crippen molar-refractivity contribution in [3.63, 3.8) is 0 Å². The maximum atomic E-state index is 11.8. The average Bonchev–Trinajstić information content (AvgIpc) is 2.18. The topological polar surface area (TPSA) is 37.4 Å². The molecule has 1 aliphatic heterocycles. The summed E-state index contributed by atoms with van der Waals surface area (Å²) in [5.41, 5.74) is 0. The summed E-state index contributed by atoms with van der Waals surface area (Å²) in [7, 11) is 0. The van der Waals surface area contributed by atoms with E-state index in [0.29, 0.717) is 24.1 Å². The number of carbonyl (C=O) groups is 2. The summed E-state index contributed by atoms with van der Waals surface area (Å²) < 4.78 is 0. The van der Waals surface area contributed by atoms with E-state index in [4.69, 9.17) is 0 Å². The van der Waals surface area contributed by atoms with Crippen LogP contribution in [0, 0.1) is 0 Å². The van der Waals surface area contributed by atoms with Crippen molar-refractivity contribution >= 4 is 23.5 Å². The zero-order valence-electron chi connectivity index (χ0n) is 9.66. The first kappa shape index (κ1) is 12.6. The van der Waals surface area contributed by atoms with Crippen LogP contribution in [0.5, 0.6) is 0 Å². The van der Waals surface area contributed by atoms with Gasteiger partial charge in [-0.3, -0.25) is 4.79 Å². The van der Waals surface area contributed by atoms with E-state index in [9.17, 15) is 9.59 Å². The third-order valence-electron chi connectivity index (χ3n) is 2.90. The molecule has 2 unspecified atom stereocenters. The summed E-state index contributed by atoms with van der Waals surface area (Å²) in [4.78, 5) is 24.5. The van der Waals surface area contributed by atoms with Crippen LogP contribution in [-0.2, 0) is 9.59 Å². The van der Waals surface area contributed by atoms with Gasteiger partial charge in [-0.15, -0.1) is 0 Å². The fourth-order valence-corrected chi connectivity index (χ4v) is 2.81. The molecule has 0 aromatic rings. The lowest BCUT2D eigenvalue weighted by molar-refractivity contribution is -0.134. The van der Waals surface area contributed by atoms with E-state index < -0.39 is 0 Å². The first-order valence-electron chi connectivity index (χ1n) is 5.43. The molecule has 3 nitrogen and oxygen atoms in total. The highest BCUT2D eigenvalue weighted by molar-refractivity contribution is 8.00. The molecule has 1 rings (SSSR count). The predicted octanol–water partition coefficient (Wildman–Crippen LogP) is 1.71. The average molecular weight is 229 g/mol. The van der Waals surface area contributed by atoms with E-state index in [0.717, 1.165) is 12.3 Å². The molecule has 0 aromatic carbocycles. The number of carbonyl (C=O) groups excluding carboxylic acids is 2. The Balaban J connectivity index is 2.47. The van der Waals surface area contributed by atoms with Gasteiger partial charge in [-0.25, -0.2) is 0 Å². The van der Waals surface area contributed by atoms with Crippen molar-refractivity contribution in [2.45, 2.75) is 44.9 Å². The Morgan fingerprint density at radius 2 is 2.00 bits per heavy atom. The van der Waals surface area contributed by atoms with Crippen LogP contribution in [0.3, 0.4) is 0 Å². The second-order valence-corrected chi connectivity index (χ2v) is 5.59. The third kappa shape index (κ3) is 3.52. The van der Waals surface area contributed by atoms with Gasteiger partial charge in [-0.2, -0.15) is 11.8 Å². The molecule has 0 saturated carbocycles. The lowest BCUT2D eigenvalue weighted by Crippen LogP contribution is -2.47. The molecule has 0 spiro atoms. The highest BCUT2D eigenvalue weighted by Crippen LogP contribution is 2.24. The summed E-state index contributed by atoms with van der Waals surface area (Å²) in [5.74, 6) is 1.23. The van der Waals surface area contributed by atoms with E-state index in [-0.39, 0.29) is 11.7 Å². The maximum Gasteiger partial charge on any atom is 0.223 e. The molecule has 0 radical (unpaired) electrons. The number of ketones is 1. The molecule has 1 saturated heterocycles. The number of hydrogen-bond acceptors (Lipinski definition) is 3. The van der Waals surface area contributed by atoms with Gasteiger partial charge in [0, 0.05) is 36.4 Å². The summed E-state index contributed by atoms with van der Waals surface area (Å²) in [5, 5.41) is 0.500. The minimum Gasteiger partial charge on any atom is -0.338 e. The molecule has 1 aliphatic rings. The highest BCUT2D eigenvalue weighted by Gasteiger charge is 2.28. The molecule has 1 fully saturated rings. The number of amides is 1. The van der Waals surface area contributed by atoms with Gasteiger partial charge in [0.1, 0.15) is 5.78 Å². The predicted molar refractivity (Wildman–Crippen MR) is 63.0 cm³/mol. The third-order valence-corrected chi connectivity index (χ3v) is 4.23. The Bertz CT molecular complexity index is 255. The summed E-state index contributed by atoms with van der Waals surface area (Å²) in [6.07, 6.45) is 0.751. The number of nitrogens with zero attached hydrogens (tertiary/aromatic N) is 1. The van der Waals surface area contributed by atoms with Crippen molar-refractivity contribution in [3.05, 3.63) is 0 Å². The zero-order chi connectivity index (χ0) is 11.4. The van der Waals surface area contributed by atoms with Gasteiger partial charge in [0.2, 0.25) is 5.91 Å². The number of thioether (sulfide) groups is 1. The van der Waals surface area contributed by atoms with Gasteiger partial charge in [0.05, 0.1) is 0 Å². The lowest BCUT2D eigenvalue weighted by Gasteiger charge is -2.37. The standard InChI is InChI=1S/C11H19NO2S/c1-8(13)4-5-11(14)12-6-7-15-10(3)9(12)2/h9-10H,4-7H2,1-3H3. The van der Waals surface area contributed by atoms with E-state index in [1.807, 2.05) is 16.7 Å². The van der Waals surface area contributed by atoms with Gasteiger partial charge >= 0.3 is 0 Å². The minimum absolute atomic E-state index is 0.0930. The van der Waals surface area contributed by atoms with Crippen LogP contribution in [0.4, 0.5) is 0 Å². The Hall–Kier alpha value is -0.510.